The first-order valence-corrected chi connectivity index (χ1v) is 5.76. The van der Waals surface area contributed by atoms with E-state index in [1.54, 1.807) is 16.8 Å². The van der Waals surface area contributed by atoms with Crippen molar-refractivity contribution in [2.45, 2.75) is 0 Å². The Balaban J connectivity index is 1.62. The molecule has 1 aliphatic heterocycles. The maximum atomic E-state index is 3.93. The molecule has 1 fully saturated rings. The fraction of sp³-hybridized carbons (Fsp3) is 0.750. The summed E-state index contributed by atoms with van der Waals surface area (Å²) < 4.78 is 0. The summed E-state index contributed by atoms with van der Waals surface area (Å²) in [5.74, 6) is 0. The van der Waals surface area contributed by atoms with Gasteiger partial charge >= 0.3 is 0 Å². The summed E-state index contributed by atoms with van der Waals surface area (Å²) in [7, 11) is 0. The van der Waals surface area contributed by atoms with Crippen molar-refractivity contribution in [3.63, 3.8) is 0 Å². The van der Waals surface area contributed by atoms with Gasteiger partial charge in [0.25, 0.3) is 0 Å². The lowest BCUT2D eigenvalue weighted by Gasteiger charge is -2.26. The van der Waals surface area contributed by atoms with Gasteiger partial charge in [0.15, 0.2) is 0 Å². The van der Waals surface area contributed by atoms with Gasteiger partial charge in [-0.3, -0.25) is 4.90 Å². The van der Waals surface area contributed by atoms with Crippen molar-refractivity contribution in [3.05, 3.63) is 5.51 Å². The summed E-state index contributed by atoms with van der Waals surface area (Å²) in [5, 5.41) is 15.2. The number of hydrogen-bond donors (Lipinski definition) is 2. The molecule has 14 heavy (non-hydrogen) atoms. The van der Waals surface area contributed by atoms with Gasteiger partial charge < -0.3 is 10.6 Å². The molecule has 0 unspecified atom stereocenters. The molecule has 0 amide bonds. The Morgan fingerprint density at radius 1 is 1.50 bits per heavy atom. The molecule has 0 saturated carbocycles. The first-order chi connectivity index (χ1) is 6.95. The number of aromatic nitrogens is 2. The van der Waals surface area contributed by atoms with Crippen LogP contribution in [0, 0.1) is 0 Å². The smallest absolute Gasteiger partial charge is 0.205 e. The number of piperazine rings is 1. The van der Waals surface area contributed by atoms with E-state index < -0.39 is 0 Å². The van der Waals surface area contributed by atoms with Crippen molar-refractivity contribution in [1.82, 2.24) is 20.4 Å². The predicted molar refractivity (Wildman–Crippen MR) is 57.7 cm³/mol. The van der Waals surface area contributed by atoms with Gasteiger partial charge in [0.1, 0.15) is 5.51 Å². The number of hydrogen-bond acceptors (Lipinski definition) is 6. The maximum absolute atomic E-state index is 3.93. The predicted octanol–water partition coefficient (Wildman–Crippen LogP) is -0.145. The van der Waals surface area contributed by atoms with E-state index in [2.05, 4.69) is 25.7 Å². The second-order valence-corrected chi connectivity index (χ2v) is 4.10. The lowest BCUT2D eigenvalue weighted by atomic mass is 10.3. The van der Waals surface area contributed by atoms with Crippen LogP contribution in [0.2, 0.25) is 0 Å². The minimum absolute atomic E-state index is 0.917. The Morgan fingerprint density at radius 2 is 2.36 bits per heavy atom. The summed E-state index contributed by atoms with van der Waals surface area (Å²) in [4.78, 5) is 2.45. The third-order valence-corrected chi connectivity index (χ3v) is 2.92. The molecule has 2 rings (SSSR count). The molecule has 0 radical (unpaired) electrons. The molecule has 1 aromatic rings. The number of nitrogens with zero attached hydrogens (tertiary/aromatic N) is 3. The zero-order valence-corrected chi connectivity index (χ0v) is 8.89. The van der Waals surface area contributed by atoms with Crippen LogP contribution in [0.3, 0.4) is 0 Å². The largest absolute Gasteiger partial charge is 0.359 e. The maximum Gasteiger partial charge on any atom is 0.205 e. The lowest BCUT2D eigenvalue weighted by molar-refractivity contribution is 0.249. The zero-order valence-electron chi connectivity index (χ0n) is 8.07. The monoisotopic (exact) mass is 213 g/mol. The van der Waals surface area contributed by atoms with Crippen molar-refractivity contribution in [1.29, 1.82) is 0 Å². The molecule has 2 heterocycles. The van der Waals surface area contributed by atoms with Gasteiger partial charge in [0, 0.05) is 39.3 Å². The lowest BCUT2D eigenvalue weighted by Crippen LogP contribution is -2.45. The molecule has 0 aliphatic carbocycles. The summed E-state index contributed by atoms with van der Waals surface area (Å²) in [6, 6.07) is 0. The summed E-state index contributed by atoms with van der Waals surface area (Å²) in [6.45, 7) is 6.56. The third kappa shape index (κ3) is 2.90. The van der Waals surface area contributed by atoms with Crippen LogP contribution in [0.1, 0.15) is 0 Å². The quantitative estimate of drug-likeness (QED) is 0.729. The van der Waals surface area contributed by atoms with Gasteiger partial charge in [-0.25, -0.2) is 0 Å². The van der Waals surface area contributed by atoms with E-state index in [4.69, 9.17) is 0 Å². The summed E-state index contributed by atoms with van der Waals surface area (Å²) in [5.41, 5.74) is 1.74. The standard InChI is InChI=1S/C8H15N5S/c1-4-13(5-2-9-1)6-3-10-8-12-11-7-14-8/h7,9H,1-6H2,(H,10,12). The molecular weight excluding hydrogens is 198 g/mol. The third-order valence-electron chi connectivity index (χ3n) is 2.27. The molecule has 1 aromatic heterocycles. The normalized spacial score (nSPS) is 18.3. The molecule has 0 spiro atoms. The van der Waals surface area contributed by atoms with Crippen molar-refractivity contribution < 1.29 is 0 Å². The van der Waals surface area contributed by atoms with E-state index in [-0.39, 0.29) is 0 Å². The Hall–Kier alpha value is -0.720. The van der Waals surface area contributed by atoms with Crippen molar-refractivity contribution >= 4 is 16.5 Å². The molecular formula is C8H15N5S. The fourth-order valence-electron chi connectivity index (χ4n) is 1.51. The molecule has 0 aromatic carbocycles. The molecule has 1 aliphatic rings. The van der Waals surface area contributed by atoms with E-state index in [1.165, 1.54) is 0 Å². The SMILES string of the molecule is c1nnc(NCCN2CCNCC2)s1. The average Bonchev–Trinajstić information content (AvgIpc) is 2.72. The Kier molecular flexibility index (Phi) is 3.67. The second kappa shape index (κ2) is 5.23. The minimum Gasteiger partial charge on any atom is -0.359 e. The van der Waals surface area contributed by atoms with Crippen LogP contribution in [0.15, 0.2) is 5.51 Å². The van der Waals surface area contributed by atoms with Crippen LogP contribution in [-0.2, 0) is 0 Å². The number of nitrogens with one attached hydrogen (secondary N) is 2. The average molecular weight is 213 g/mol. The highest BCUT2D eigenvalue weighted by Gasteiger charge is 2.08. The van der Waals surface area contributed by atoms with Gasteiger partial charge in [-0.05, 0) is 0 Å². The van der Waals surface area contributed by atoms with Gasteiger partial charge in [-0.15, -0.1) is 10.2 Å². The Bertz CT molecular complexity index is 244. The minimum atomic E-state index is 0.917. The van der Waals surface area contributed by atoms with E-state index in [0.29, 0.717) is 0 Å². The van der Waals surface area contributed by atoms with Crippen molar-refractivity contribution in [2.24, 2.45) is 0 Å². The van der Waals surface area contributed by atoms with E-state index in [9.17, 15) is 0 Å². The number of anilines is 1. The first-order valence-electron chi connectivity index (χ1n) is 4.88. The topological polar surface area (TPSA) is 53.1 Å². The Morgan fingerprint density at radius 3 is 3.07 bits per heavy atom. The van der Waals surface area contributed by atoms with Crippen molar-refractivity contribution in [2.75, 3.05) is 44.6 Å². The van der Waals surface area contributed by atoms with Crippen LogP contribution in [-0.4, -0.2) is 54.4 Å². The molecule has 0 atom stereocenters. The van der Waals surface area contributed by atoms with E-state index >= 15 is 0 Å². The number of rotatable bonds is 4. The highest BCUT2D eigenvalue weighted by molar-refractivity contribution is 7.13. The van der Waals surface area contributed by atoms with Gasteiger partial charge in [0.2, 0.25) is 5.13 Å². The van der Waals surface area contributed by atoms with Gasteiger partial charge in [-0.2, -0.15) is 0 Å². The highest BCUT2D eigenvalue weighted by Crippen LogP contribution is 2.06. The molecule has 5 nitrogen and oxygen atoms in total. The van der Waals surface area contributed by atoms with Crippen LogP contribution in [0.25, 0.3) is 0 Å². The van der Waals surface area contributed by atoms with E-state index in [0.717, 1.165) is 44.4 Å². The van der Waals surface area contributed by atoms with Gasteiger partial charge in [-0.1, -0.05) is 11.3 Å². The molecule has 78 valence electrons. The van der Waals surface area contributed by atoms with Crippen LogP contribution in [0.4, 0.5) is 5.13 Å². The zero-order chi connectivity index (χ0) is 9.64. The van der Waals surface area contributed by atoms with Crippen molar-refractivity contribution in [3.8, 4) is 0 Å². The Labute approximate surface area is 87.5 Å². The highest BCUT2D eigenvalue weighted by atomic mass is 32.1. The molecule has 1 saturated heterocycles. The summed E-state index contributed by atoms with van der Waals surface area (Å²) >= 11 is 1.55. The molecule has 6 heteroatoms. The molecule has 2 N–H and O–H groups in total. The first kappa shape index (κ1) is 9.82. The second-order valence-electron chi connectivity index (χ2n) is 3.26. The molecule has 0 bridgehead atoms. The van der Waals surface area contributed by atoms with Gasteiger partial charge in [0.05, 0.1) is 0 Å². The van der Waals surface area contributed by atoms with E-state index in [1.807, 2.05) is 0 Å². The van der Waals surface area contributed by atoms with Crippen LogP contribution in [0.5, 0.6) is 0 Å². The van der Waals surface area contributed by atoms with Crippen LogP contribution < -0.4 is 10.6 Å². The fourth-order valence-corrected chi connectivity index (χ4v) is 1.98. The van der Waals surface area contributed by atoms with Crippen LogP contribution >= 0.6 is 11.3 Å². The summed E-state index contributed by atoms with van der Waals surface area (Å²) in [6.07, 6.45) is 0.